The Labute approximate surface area is 84.1 Å². The Kier molecular flexibility index (Phi) is 2.49. The highest BCUT2D eigenvalue weighted by molar-refractivity contribution is 8.00. The molecule has 0 aliphatic carbocycles. The van der Waals surface area contributed by atoms with Crippen LogP contribution in [0.4, 0.5) is 5.69 Å². The van der Waals surface area contributed by atoms with Gasteiger partial charge in [-0.25, -0.2) is 0 Å². The lowest BCUT2D eigenvalue weighted by Crippen LogP contribution is -2.32. The van der Waals surface area contributed by atoms with E-state index in [9.17, 15) is 0 Å². The van der Waals surface area contributed by atoms with Crippen molar-refractivity contribution in [1.82, 2.24) is 0 Å². The molecule has 0 saturated carbocycles. The number of rotatable bonds is 1. The standard InChI is InChI=1S/C11H15NS/c1-3-12-8-9(2)13-11-7-5-4-6-10(11)12/h4-7,9H,3,8H2,1-2H3. The summed E-state index contributed by atoms with van der Waals surface area (Å²) in [4.78, 5) is 3.89. The van der Waals surface area contributed by atoms with E-state index in [1.807, 2.05) is 11.8 Å². The van der Waals surface area contributed by atoms with Crippen molar-refractivity contribution in [2.75, 3.05) is 18.0 Å². The Morgan fingerprint density at radius 2 is 2.23 bits per heavy atom. The molecule has 0 N–H and O–H groups in total. The summed E-state index contributed by atoms with van der Waals surface area (Å²) in [5.41, 5.74) is 1.41. The van der Waals surface area contributed by atoms with E-state index in [4.69, 9.17) is 0 Å². The Balaban J connectivity index is 2.37. The molecule has 70 valence electrons. The molecular formula is C11H15NS. The summed E-state index contributed by atoms with van der Waals surface area (Å²) in [5.74, 6) is 0. The van der Waals surface area contributed by atoms with Crippen LogP contribution in [-0.2, 0) is 0 Å². The summed E-state index contributed by atoms with van der Waals surface area (Å²) < 4.78 is 0. The maximum Gasteiger partial charge on any atom is 0.0504 e. The molecule has 1 nitrogen and oxygen atoms in total. The first-order chi connectivity index (χ1) is 6.31. The highest BCUT2D eigenvalue weighted by Crippen LogP contribution is 2.37. The fourth-order valence-electron chi connectivity index (χ4n) is 1.78. The lowest BCUT2D eigenvalue weighted by Gasteiger charge is -2.33. The molecule has 1 atom stereocenters. The van der Waals surface area contributed by atoms with Gasteiger partial charge in [-0.15, -0.1) is 11.8 Å². The van der Waals surface area contributed by atoms with E-state index >= 15 is 0 Å². The van der Waals surface area contributed by atoms with Gasteiger partial charge in [0, 0.05) is 23.2 Å². The van der Waals surface area contributed by atoms with Crippen LogP contribution in [0.25, 0.3) is 0 Å². The monoisotopic (exact) mass is 193 g/mol. The van der Waals surface area contributed by atoms with Gasteiger partial charge >= 0.3 is 0 Å². The minimum Gasteiger partial charge on any atom is -0.370 e. The molecule has 1 unspecified atom stereocenters. The summed E-state index contributed by atoms with van der Waals surface area (Å²) in [6.07, 6.45) is 0. The number of fused-ring (bicyclic) bond motifs is 1. The van der Waals surface area contributed by atoms with Crippen LogP contribution < -0.4 is 4.90 Å². The fourth-order valence-corrected chi connectivity index (χ4v) is 2.94. The summed E-state index contributed by atoms with van der Waals surface area (Å²) in [6, 6.07) is 8.69. The van der Waals surface area contributed by atoms with Gasteiger partial charge in [0.05, 0.1) is 5.69 Å². The maximum atomic E-state index is 2.45. The van der Waals surface area contributed by atoms with Crippen molar-refractivity contribution in [3.8, 4) is 0 Å². The van der Waals surface area contributed by atoms with E-state index < -0.39 is 0 Å². The van der Waals surface area contributed by atoms with Crippen molar-refractivity contribution in [2.45, 2.75) is 24.0 Å². The molecule has 2 heteroatoms. The zero-order valence-corrected chi connectivity index (χ0v) is 8.97. The third-order valence-electron chi connectivity index (χ3n) is 2.39. The van der Waals surface area contributed by atoms with Gasteiger partial charge in [0.15, 0.2) is 0 Å². The number of anilines is 1. The van der Waals surface area contributed by atoms with Crippen molar-refractivity contribution < 1.29 is 0 Å². The van der Waals surface area contributed by atoms with Gasteiger partial charge in [-0.3, -0.25) is 0 Å². The minimum absolute atomic E-state index is 0.717. The van der Waals surface area contributed by atoms with Gasteiger partial charge in [-0.1, -0.05) is 19.1 Å². The summed E-state index contributed by atoms with van der Waals surface area (Å²) >= 11 is 1.99. The number of para-hydroxylation sites is 1. The van der Waals surface area contributed by atoms with Crippen LogP contribution in [0.5, 0.6) is 0 Å². The normalized spacial score (nSPS) is 21.4. The maximum absolute atomic E-state index is 2.45. The minimum atomic E-state index is 0.717. The van der Waals surface area contributed by atoms with Gasteiger partial charge in [-0.05, 0) is 19.1 Å². The number of hydrogen-bond donors (Lipinski definition) is 0. The van der Waals surface area contributed by atoms with Crippen LogP contribution in [0.2, 0.25) is 0 Å². The predicted molar refractivity (Wildman–Crippen MR) is 59.6 cm³/mol. The van der Waals surface area contributed by atoms with Gasteiger partial charge in [0.2, 0.25) is 0 Å². The molecule has 0 aromatic heterocycles. The molecule has 0 saturated heterocycles. The number of thioether (sulfide) groups is 1. The first kappa shape index (κ1) is 8.95. The molecular weight excluding hydrogens is 178 g/mol. The van der Waals surface area contributed by atoms with Gasteiger partial charge < -0.3 is 4.90 Å². The topological polar surface area (TPSA) is 3.24 Å². The third kappa shape index (κ3) is 1.68. The Hall–Kier alpha value is -0.630. The number of hydrogen-bond acceptors (Lipinski definition) is 2. The average Bonchev–Trinajstić information content (AvgIpc) is 2.16. The van der Waals surface area contributed by atoms with Gasteiger partial charge in [-0.2, -0.15) is 0 Å². The van der Waals surface area contributed by atoms with Crippen molar-refractivity contribution >= 4 is 17.4 Å². The molecule has 0 bridgehead atoms. The van der Waals surface area contributed by atoms with Crippen molar-refractivity contribution in [1.29, 1.82) is 0 Å². The molecule has 1 aliphatic rings. The van der Waals surface area contributed by atoms with Gasteiger partial charge in [0.25, 0.3) is 0 Å². The van der Waals surface area contributed by atoms with E-state index in [0.717, 1.165) is 11.8 Å². The van der Waals surface area contributed by atoms with Crippen molar-refractivity contribution in [3.05, 3.63) is 24.3 Å². The van der Waals surface area contributed by atoms with Crippen LogP contribution in [0.15, 0.2) is 29.2 Å². The summed E-state index contributed by atoms with van der Waals surface area (Å²) in [7, 11) is 0. The first-order valence-electron chi connectivity index (χ1n) is 4.82. The van der Waals surface area contributed by atoms with E-state index in [2.05, 4.69) is 43.0 Å². The van der Waals surface area contributed by atoms with Crippen molar-refractivity contribution in [3.63, 3.8) is 0 Å². The van der Waals surface area contributed by atoms with Crippen LogP contribution >= 0.6 is 11.8 Å². The van der Waals surface area contributed by atoms with Crippen LogP contribution in [0.1, 0.15) is 13.8 Å². The molecule has 1 aliphatic heterocycles. The highest BCUT2D eigenvalue weighted by Gasteiger charge is 2.19. The quantitative estimate of drug-likeness (QED) is 0.674. The summed E-state index contributed by atoms with van der Waals surface area (Å²) in [5, 5.41) is 0.717. The molecule has 2 rings (SSSR count). The zero-order valence-electron chi connectivity index (χ0n) is 8.16. The van der Waals surface area contributed by atoms with E-state index in [1.165, 1.54) is 17.1 Å². The Bertz CT molecular complexity index is 298. The second-order valence-electron chi connectivity index (χ2n) is 3.43. The SMILES string of the molecule is CCN1CC(C)Sc2ccccc21. The molecule has 1 aromatic carbocycles. The van der Waals surface area contributed by atoms with E-state index in [1.54, 1.807) is 0 Å². The van der Waals surface area contributed by atoms with Gasteiger partial charge in [0.1, 0.15) is 0 Å². The number of benzene rings is 1. The highest BCUT2D eigenvalue weighted by atomic mass is 32.2. The molecule has 0 fully saturated rings. The second kappa shape index (κ2) is 3.62. The molecule has 0 radical (unpaired) electrons. The van der Waals surface area contributed by atoms with E-state index in [-0.39, 0.29) is 0 Å². The van der Waals surface area contributed by atoms with E-state index in [0.29, 0.717) is 0 Å². The lowest BCUT2D eigenvalue weighted by molar-refractivity contribution is 0.781. The largest absolute Gasteiger partial charge is 0.370 e. The Morgan fingerprint density at radius 3 is 3.00 bits per heavy atom. The van der Waals surface area contributed by atoms with Crippen molar-refractivity contribution in [2.24, 2.45) is 0 Å². The molecule has 0 spiro atoms. The second-order valence-corrected chi connectivity index (χ2v) is 4.92. The fraction of sp³-hybridized carbons (Fsp3) is 0.455. The predicted octanol–water partition coefficient (Wildman–Crippen LogP) is 3.01. The van der Waals surface area contributed by atoms with Crippen LogP contribution in [0, 0.1) is 0 Å². The molecule has 1 aromatic rings. The summed E-state index contributed by atoms with van der Waals surface area (Å²) in [6.45, 7) is 6.81. The average molecular weight is 193 g/mol. The Morgan fingerprint density at radius 1 is 1.46 bits per heavy atom. The molecule has 13 heavy (non-hydrogen) atoms. The van der Waals surface area contributed by atoms with Crippen LogP contribution in [-0.4, -0.2) is 18.3 Å². The first-order valence-corrected chi connectivity index (χ1v) is 5.70. The van der Waals surface area contributed by atoms with Crippen LogP contribution in [0.3, 0.4) is 0 Å². The molecule has 0 amide bonds. The lowest BCUT2D eigenvalue weighted by atomic mass is 10.2. The smallest absolute Gasteiger partial charge is 0.0504 e. The third-order valence-corrected chi connectivity index (χ3v) is 3.54. The molecule has 1 heterocycles. The number of nitrogens with zero attached hydrogens (tertiary/aromatic N) is 1. The zero-order chi connectivity index (χ0) is 9.26.